The van der Waals surface area contributed by atoms with Gasteiger partial charge >= 0.3 is 0 Å². The van der Waals surface area contributed by atoms with Crippen LogP contribution in [0.5, 0.6) is 5.88 Å². The summed E-state index contributed by atoms with van der Waals surface area (Å²) in [5.74, 6) is 1.42. The van der Waals surface area contributed by atoms with E-state index >= 15 is 0 Å². The van der Waals surface area contributed by atoms with Gasteiger partial charge in [0, 0.05) is 18.5 Å². The fraction of sp³-hybridized carbons (Fsp3) is 0.250. The molecule has 5 nitrogen and oxygen atoms in total. The Balaban J connectivity index is 2.17. The highest BCUT2D eigenvalue weighted by molar-refractivity contribution is 9.10. The SMILES string of the molecule is COc1cc(Nc2nc(Br)cs2)nn1C. The van der Waals surface area contributed by atoms with Crippen LogP contribution in [-0.4, -0.2) is 21.9 Å². The van der Waals surface area contributed by atoms with Crippen LogP contribution in [0.2, 0.25) is 0 Å². The number of nitrogens with zero attached hydrogens (tertiary/aromatic N) is 3. The summed E-state index contributed by atoms with van der Waals surface area (Å²) in [6.45, 7) is 0. The van der Waals surface area contributed by atoms with Crippen molar-refractivity contribution in [1.29, 1.82) is 0 Å². The van der Waals surface area contributed by atoms with Gasteiger partial charge in [0.05, 0.1) is 7.11 Å². The maximum Gasteiger partial charge on any atom is 0.213 e. The molecule has 80 valence electrons. The molecule has 15 heavy (non-hydrogen) atoms. The number of rotatable bonds is 3. The zero-order chi connectivity index (χ0) is 10.8. The number of aromatic nitrogens is 3. The van der Waals surface area contributed by atoms with E-state index in [0.717, 1.165) is 15.6 Å². The average Bonchev–Trinajstić information content (AvgIpc) is 2.73. The predicted octanol–water partition coefficient (Wildman–Crippen LogP) is 2.39. The maximum atomic E-state index is 5.10. The number of ether oxygens (including phenoxy) is 1. The van der Waals surface area contributed by atoms with E-state index in [1.165, 1.54) is 11.3 Å². The highest BCUT2D eigenvalue weighted by Crippen LogP contribution is 2.24. The third kappa shape index (κ3) is 2.29. The van der Waals surface area contributed by atoms with Crippen molar-refractivity contribution in [3.63, 3.8) is 0 Å². The molecule has 0 radical (unpaired) electrons. The van der Waals surface area contributed by atoms with E-state index in [2.05, 4.69) is 31.3 Å². The van der Waals surface area contributed by atoms with Gasteiger partial charge in [0.1, 0.15) is 4.60 Å². The second kappa shape index (κ2) is 4.19. The summed E-state index contributed by atoms with van der Waals surface area (Å²) in [6.07, 6.45) is 0. The molecule has 7 heteroatoms. The Labute approximate surface area is 99.2 Å². The molecule has 2 heterocycles. The number of hydrogen-bond acceptors (Lipinski definition) is 5. The van der Waals surface area contributed by atoms with E-state index < -0.39 is 0 Å². The van der Waals surface area contributed by atoms with E-state index in [1.54, 1.807) is 11.8 Å². The molecule has 2 aromatic rings. The molecule has 0 atom stereocenters. The minimum atomic E-state index is 0.702. The van der Waals surface area contributed by atoms with Crippen LogP contribution in [0, 0.1) is 0 Å². The first-order valence-electron chi connectivity index (χ1n) is 4.15. The first-order chi connectivity index (χ1) is 7.19. The molecule has 0 aliphatic carbocycles. The molecule has 0 unspecified atom stereocenters. The number of anilines is 2. The molecule has 0 spiro atoms. The van der Waals surface area contributed by atoms with Gasteiger partial charge in [0.15, 0.2) is 10.9 Å². The Kier molecular flexibility index (Phi) is 2.92. The number of nitrogens with one attached hydrogen (secondary N) is 1. The number of methoxy groups -OCH3 is 1. The number of thiazole rings is 1. The van der Waals surface area contributed by atoms with Crippen LogP contribution in [-0.2, 0) is 7.05 Å². The van der Waals surface area contributed by atoms with Crippen molar-refractivity contribution in [3.05, 3.63) is 16.0 Å². The van der Waals surface area contributed by atoms with E-state index in [4.69, 9.17) is 4.74 Å². The highest BCUT2D eigenvalue weighted by Gasteiger charge is 2.06. The molecule has 0 saturated heterocycles. The van der Waals surface area contributed by atoms with E-state index in [0.29, 0.717) is 5.88 Å². The van der Waals surface area contributed by atoms with Crippen LogP contribution in [0.15, 0.2) is 16.0 Å². The van der Waals surface area contributed by atoms with E-state index in [1.807, 2.05) is 18.5 Å². The highest BCUT2D eigenvalue weighted by atomic mass is 79.9. The smallest absolute Gasteiger partial charge is 0.213 e. The fourth-order valence-electron chi connectivity index (χ4n) is 1.12. The Bertz CT molecular complexity index is 467. The number of hydrogen-bond donors (Lipinski definition) is 1. The van der Waals surface area contributed by atoms with Gasteiger partial charge < -0.3 is 10.1 Å². The van der Waals surface area contributed by atoms with Crippen LogP contribution in [0.25, 0.3) is 0 Å². The first kappa shape index (κ1) is 10.4. The van der Waals surface area contributed by atoms with Crippen molar-refractivity contribution in [2.75, 3.05) is 12.4 Å². The van der Waals surface area contributed by atoms with Gasteiger partial charge in [-0.25, -0.2) is 9.67 Å². The summed E-state index contributed by atoms with van der Waals surface area (Å²) in [4.78, 5) is 4.20. The molecular weight excluding hydrogens is 280 g/mol. The molecule has 0 saturated carbocycles. The molecule has 0 aliphatic rings. The van der Waals surface area contributed by atoms with Crippen LogP contribution >= 0.6 is 27.3 Å². The summed E-state index contributed by atoms with van der Waals surface area (Å²) in [7, 11) is 3.43. The lowest BCUT2D eigenvalue weighted by Crippen LogP contribution is -1.95. The Hall–Kier alpha value is -1.08. The molecule has 1 N–H and O–H groups in total. The molecule has 0 bridgehead atoms. The van der Waals surface area contributed by atoms with Gasteiger partial charge in [-0.2, -0.15) is 5.10 Å². The minimum absolute atomic E-state index is 0.702. The molecule has 0 fully saturated rings. The zero-order valence-corrected chi connectivity index (χ0v) is 10.6. The van der Waals surface area contributed by atoms with E-state index in [9.17, 15) is 0 Å². The van der Waals surface area contributed by atoms with Crippen molar-refractivity contribution >= 4 is 38.2 Å². The van der Waals surface area contributed by atoms with Gasteiger partial charge in [0.2, 0.25) is 5.88 Å². The quantitative estimate of drug-likeness (QED) is 0.942. The van der Waals surface area contributed by atoms with Gasteiger partial charge in [-0.15, -0.1) is 11.3 Å². The van der Waals surface area contributed by atoms with Gasteiger partial charge in [-0.3, -0.25) is 0 Å². The molecule has 0 aliphatic heterocycles. The zero-order valence-electron chi connectivity index (χ0n) is 8.19. The van der Waals surface area contributed by atoms with Gasteiger partial charge in [-0.1, -0.05) is 0 Å². The minimum Gasteiger partial charge on any atom is -0.481 e. The van der Waals surface area contributed by atoms with Crippen LogP contribution in [0.4, 0.5) is 10.9 Å². The summed E-state index contributed by atoms with van der Waals surface area (Å²) >= 11 is 4.80. The third-order valence-corrected chi connectivity index (χ3v) is 3.22. The van der Waals surface area contributed by atoms with Crippen LogP contribution in [0.3, 0.4) is 0 Å². The summed E-state index contributed by atoms with van der Waals surface area (Å²) in [6, 6.07) is 1.81. The largest absolute Gasteiger partial charge is 0.481 e. The fourth-order valence-corrected chi connectivity index (χ4v) is 2.27. The van der Waals surface area contributed by atoms with Gasteiger partial charge in [0.25, 0.3) is 0 Å². The summed E-state index contributed by atoms with van der Waals surface area (Å²) in [5, 5.41) is 10.0. The molecular formula is C8H9BrN4OS. The second-order valence-electron chi connectivity index (χ2n) is 2.80. The van der Waals surface area contributed by atoms with Crippen LogP contribution < -0.4 is 10.1 Å². The number of aryl methyl sites for hydroxylation is 1. The number of halogens is 1. The predicted molar refractivity (Wildman–Crippen MR) is 62.9 cm³/mol. The molecule has 2 aromatic heterocycles. The van der Waals surface area contributed by atoms with Crippen molar-refractivity contribution in [2.24, 2.45) is 7.05 Å². The van der Waals surface area contributed by atoms with Crippen molar-refractivity contribution < 1.29 is 4.74 Å². The van der Waals surface area contributed by atoms with E-state index in [-0.39, 0.29) is 0 Å². The van der Waals surface area contributed by atoms with Gasteiger partial charge in [-0.05, 0) is 15.9 Å². The Morgan fingerprint density at radius 1 is 1.60 bits per heavy atom. The lowest BCUT2D eigenvalue weighted by atomic mass is 10.6. The van der Waals surface area contributed by atoms with Crippen molar-refractivity contribution in [1.82, 2.24) is 14.8 Å². The summed E-state index contributed by atoms with van der Waals surface area (Å²) in [5.41, 5.74) is 0. The topological polar surface area (TPSA) is 52.0 Å². The second-order valence-corrected chi connectivity index (χ2v) is 4.47. The van der Waals surface area contributed by atoms with Crippen LogP contribution in [0.1, 0.15) is 0 Å². The normalized spacial score (nSPS) is 10.3. The maximum absolute atomic E-state index is 5.10. The average molecular weight is 289 g/mol. The van der Waals surface area contributed by atoms with Crippen molar-refractivity contribution in [2.45, 2.75) is 0 Å². The molecule has 0 amide bonds. The Morgan fingerprint density at radius 2 is 2.40 bits per heavy atom. The Morgan fingerprint density at radius 3 is 2.93 bits per heavy atom. The lowest BCUT2D eigenvalue weighted by Gasteiger charge is -1.95. The van der Waals surface area contributed by atoms with Crippen molar-refractivity contribution in [3.8, 4) is 5.88 Å². The molecule has 2 rings (SSSR count). The molecule has 0 aromatic carbocycles. The lowest BCUT2D eigenvalue weighted by molar-refractivity contribution is 0.373. The third-order valence-electron chi connectivity index (χ3n) is 1.76. The standard InChI is InChI=1S/C8H9BrN4OS/c1-13-7(14-2)3-6(12-13)11-8-10-5(9)4-15-8/h3-4H,1-2H3,(H,10,11,12). The monoisotopic (exact) mass is 288 g/mol. The first-order valence-corrected chi connectivity index (χ1v) is 5.82. The summed E-state index contributed by atoms with van der Waals surface area (Å²) < 4.78 is 7.58.